The lowest BCUT2D eigenvalue weighted by Crippen LogP contribution is -2.26. The third-order valence-corrected chi connectivity index (χ3v) is 10.9. The van der Waals surface area contributed by atoms with Gasteiger partial charge in [-0.15, -0.1) is 0 Å². The molecule has 1 amide bonds. The van der Waals surface area contributed by atoms with Crippen LogP contribution < -0.4 is 10.2 Å². The molecule has 4 aromatic carbocycles. The largest absolute Gasteiger partial charge is 0.506 e. The average molecular weight is 703 g/mol. The van der Waals surface area contributed by atoms with Crippen LogP contribution in [0.25, 0.3) is 0 Å². The molecule has 4 nitrogen and oxygen atoms in total. The molecule has 42 heavy (non-hydrogen) atoms. The Morgan fingerprint density at radius 1 is 0.857 bits per heavy atom. The Morgan fingerprint density at radius 2 is 1.48 bits per heavy atom. The Morgan fingerprint density at radius 3 is 2.12 bits per heavy atom. The highest BCUT2D eigenvalue weighted by Crippen LogP contribution is 2.44. The molecule has 1 atom stereocenters. The van der Waals surface area contributed by atoms with E-state index in [4.69, 9.17) is 7.57 Å². The lowest BCUT2D eigenvalue weighted by Gasteiger charge is -2.26. The molecule has 0 saturated heterocycles. The Labute approximate surface area is 267 Å². The molecule has 4 aromatic rings. The minimum atomic E-state index is -0.936. The van der Waals surface area contributed by atoms with E-state index in [9.17, 15) is 14.7 Å². The van der Waals surface area contributed by atoms with Crippen molar-refractivity contribution in [2.45, 2.75) is 56.8 Å². The van der Waals surface area contributed by atoms with Crippen LogP contribution in [0.3, 0.4) is 0 Å². The van der Waals surface area contributed by atoms with E-state index in [1.807, 2.05) is 63.2 Å². The van der Waals surface area contributed by atoms with Gasteiger partial charge in [0.25, 0.3) is 0 Å². The fraction of sp³-hybridized carbons (Fsp3) is 0.235. The summed E-state index contributed by atoms with van der Waals surface area (Å²) in [6, 6.07) is 28.0. The number of hydrogen-bond acceptors (Lipinski definition) is 4. The van der Waals surface area contributed by atoms with Gasteiger partial charge in [0, 0.05) is 29.8 Å². The van der Waals surface area contributed by atoms with Gasteiger partial charge in [0.05, 0.1) is 4.90 Å². The van der Waals surface area contributed by atoms with Crippen LogP contribution in [-0.4, -0.2) is 23.7 Å². The Hall–Kier alpha value is -2.61. The SMILES string of the molecule is [B]P(I)c1cc(SC(=O)CCC(=O)N(c2ccccc2)c2ccc3c(c2)Cc2ccccc2C3)c(O)c(C(C)(C)C)c1. The highest BCUT2D eigenvalue weighted by Gasteiger charge is 2.25. The van der Waals surface area contributed by atoms with Crippen LogP contribution in [0.1, 0.15) is 61.4 Å². The highest BCUT2D eigenvalue weighted by atomic mass is 127. The topological polar surface area (TPSA) is 57.6 Å². The maximum Gasteiger partial charge on any atom is 0.232 e. The Balaban J connectivity index is 1.36. The van der Waals surface area contributed by atoms with E-state index in [0.29, 0.717) is 4.90 Å². The van der Waals surface area contributed by atoms with Crippen LogP contribution >= 0.6 is 39.2 Å². The zero-order chi connectivity index (χ0) is 30.0. The highest BCUT2D eigenvalue weighted by molar-refractivity contribution is 14.2. The maximum absolute atomic E-state index is 13.8. The molecule has 0 fully saturated rings. The summed E-state index contributed by atoms with van der Waals surface area (Å²) in [6.45, 7) is 6.05. The van der Waals surface area contributed by atoms with Crippen molar-refractivity contribution < 1.29 is 14.7 Å². The lowest BCUT2D eigenvalue weighted by molar-refractivity contribution is -0.120. The monoisotopic (exact) mass is 703 g/mol. The van der Waals surface area contributed by atoms with Crippen molar-refractivity contribution in [3.8, 4) is 5.75 Å². The number of amides is 1. The number of rotatable bonds is 7. The van der Waals surface area contributed by atoms with Gasteiger partial charge < -0.3 is 5.11 Å². The zero-order valence-corrected chi connectivity index (χ0v) is 27.8. The number of hydrogen-bond donors (Lipinski definition) is 1. The molecule has 0 heterocycles. The summed E-state index contributed by atoms with van der Waals surface area (Å²) < 4.78 is 0. The predicted molar refractivity (Wildman–Crippen MR) is 185 cm³/mol. The number of aromatic hydroxyl groups is 1. The maximum atomic E-state index is 13.8. The van der Waals surface area contributed by atoms with Crippen molar-refractivity contribution in [2.75, 3.05) is 4.90 Å². The molecule has 2 radical (unpaired) electrons. The van der Waals surface area contributed by atoms with E-state index in [0.717, 1.165) is 46.8 Å². The average Bonchev–Trinajstić information content (AvgIpc) is 2.96. The summed E-state index contributed by atoms with van der Waals surface area (Å²) in [7, 11) is 6.21. The molecule has 1 aliphatic rings. The van der Waals surface area contributed by atoms with E-state index >= 15 is 0 Å². The van der Waals surface area contributed by atoms with Gasteiger partial charge in [0.2, 0.25) is 5.91 Å². The van der Waals surface area contributed by atoms with E-state index in [1.165, 1.54) is 22.3 Å². The molecule has 0 saturated carbocycles. The van der Waals surface area contributed by atoms with Crippen molar-refractivity contribution in [1.29, 1.82) is 0 Å². The van der Waals surface area contributed by atoms with Crippen LogP contribution in [0.4, 0.5) is 11.4 Å². The molecular formula is C34H32BINO3PS. The van der Waals surface area contributed by atoms with Crippen molar-refractivity contribution in [3.05, 3.63) is 113 Å². The first-order chi connectivity index (χ1) is 20.0. The number of fused-ring (bicyclic) bond motifs is 2. The van der Waals surface area contributed by atoms with Crippen LogP contribution in [0.5, 0.6) is 5.75 Å². The molecular weight excluding hydrogens is 671 g/mol. The third kappa shape index (κ3) is 6.95. The third-order valence-electron chi connectivity index (χ3n) is 7.47. The molecule has 8 heteroatoms. The van der Waals surface area contributed by atoms with Crippen LogP contribution in [0.2, 0.25) is 0 Å². The summed E-state index contributed by atoms with van der Waals surface area (Å²) in [6.07, 6.45) is 1.79. The Kier molecular flexibility index (Phi) is 9.51. The minimum absolute atomic E-state index is 0.0429. The molecule has 0 spiro atoms. The molecule has 5 rings (SSSR count). The number of benzene rings is 4. The van der Waals surface area contributed by atoms with Crippen LogP contribution in [0.15, 0.2) is 89.8 Å². The van der Waals surface area contributed by atoms with E-state index < -0.39 is 5.44 Å². The summed E-state index contributed by atoms with van der Waals surface area (Å²) >= 11 is 3.17. The van der Waals surface area contributed by atoms with Gasteiger partial charge >= 0.3 is 0 Å². The minimum Gasteiger partial charge on any atom is -0.506 e. The van der Waals surface area contributed by atoms with Gasteiger partial charge in [0.1, 0.15) is 13.3 Å². The number of carbonyl (C=O) groups is 2. The first kappa shape index (κ1) is 30.8. The normalized spacial score (nSPS) is 13.1. The second-order valence-electron chi connectivity index (χ2n) is 11.5. The molecule has 0 aromatic heterocycles. The quantitative estimate of drug-likeness (QED) is 0.0800. The summed E-state index contributed by atoms with van der Waals surface area (Å²) in [5.41, 5.74) is 6.21. The number of anilines is 2. The second kappa shape index (κ2) is 12.9. The fourth-order valence-corrected chi connectivity index (χ4v) is 7.55. The number of nitrogens with zero attached hydrogens (tertiary/aromatic N) is 1. The smallest absolute Gasteiger partial charge is 0.232 e. The van der Waals surface area contributed by atoms with Crippen LogP contribution in [-0.2, 0) is 27.8 Å². The van der Waals surface area contributed by atoms with Gasteiger partial charge in [-0.05, 0) is 94.0 Å². The van der Waals surface area contributed by atoms with Crippen molar-refractivity contribution in [1.82, 2.24) is 0 Å². The van der Waals surface area contributed by atoms with Crippen molar-refractivity contribution >= 4 is 74.5 Å². The first-order valence-corrected chi connectivity index (χ1v) is 18.9. The number of para-hydroxylation sites is 1. The van der Waals surface area contributed by atoms with Crippen molar-refractivity contribution in [3.63, 3.8) is 0 Å². The zero-order valence-electron chi connectivity index (χ0n) is 23.9. The molecule has 1 unspecified atom stereocenters. The number of phenolic OH excluding ortho intramolecular Hbond substituents is 1. The predicted octanol–water partition coefficient (Wildman–Crippen LogP) is 8.49. The van der Waals surface area contributed by atoms with Gasteiger partial charge in [-0.25, -0.2) is 0 Å². The number of carbonyl (C=O) groups excluding carboxylic acids is 2. The molecule has 212 valence electrons. The van der Waals surface area contributed by atoms with Gasteiger partial charge in [0.15, 0.2) is 5.12 Å². The molecule has 0 bridgehead atoms. The summed E-state index contributed by atoms with van der Waals surface area (Å²) in [4.78, 5) is 29.1. The first-order valence-electron chi connectivity index (χ1n) is 13.9. The second-order valence-corrected chi connectivity index (χ2v) is 16.9. The fourth-order valence-electron chi connectivity index (χ4n) is 5.28. The van der Waals surface area contributed by atoms with E-state index in [1.54, 1.807) is 11.0 Å². The number of phenols is 1. The molecule has 1 N–H and O–H groups in total. The number of thioether (sulfide) groups is 1. The molecule has 0 aliphatic heterocycles. The van der Waals surface area contributed by atoms with Crippen molar-refractivity contribution in [2.24, 2.45) is 0 Å². The standard InChI is InChI=1S/C34H32BINO3PS/c1-34(2,3)29-20-28(41(35)36)21-30(33(29)40)42-32(39)16-15-31(38)37(26-11-5-4-6-12-26)27-14-13-24-17-22-9-7-8-10-23(22)18-25(24)19-27/h4-14,19-21,40H,15-18H2,1-3H3. The Bertz CT molecular complexity index is 1640. The van der Waals surface area contributed by atoms with Gasteiger partial charge in [-0.3, -0.25) is 14.5 Å². The van der Waals surface area contributed by atoms with Gasteiger partial charge in [-0.2, -0.15) is 0 Å². The summed E-state index contributed by atoms with van der Waals surface area (Å²) in [5, 5.41) is 11.7. The molecule has 1 aliphatic carbocycles. The lowest BCUT2D eigenvalue weighted by atomic mass is 9.86. The van der Waals surface area contributed by atoms with Gasteiger partial charge in [-0.1, -0.05) is 96.8 Å². The number of halogens is 1. The van der Waals surface area contributed by atoms with Crippen LogP contribution in [0, 0.1) is 0 Å². The summed E-state index contributed by atoms with van der Waals surface area (Å²) in [5.74, 6) is -0.0527. The van der Waals surface area contributed by atoms with E-state index in [-0.39, 0.29) is 35.0 Å². The van der Waals surface area contributed by atoms with E-state index in [2.05, 4.69) is 58.4 Å².